The number of para-hydroxylation sites is 1. The zero-order chi connectivity index (χ0) is 15.5. The minimum absolute atomic E-state index is 0.238. The molecule has 2 nitrogen and oxygen atoms in total. The van der Waals surface area contributed by atoms with Gasteiger partial charge in [-0.25, -0.2) is 4.39 Å². The second-order valence-electron chi connectivity index (χ2n) is 5.04. The van der Waals surface area contributed by atoms with Gasteiger partial charge in [-0.05, 0) is 37.3 Å². The maximum absolute atomic E-state index is 14.2. The van der Waals surface area contributed by atoms with Gasteiger partial charge in [0.05, 0.1) is 0 Å². The molecule has 2 aromatic carbocycles. The van der Waals surface area contributed by atoms with E-state index in [0.717, 1.165) is 21.4 Å². The van der Waals surface area contributed by atoms with Gasteiger partial charge in [0.2, 0.25) is 0 Å². The summed E-state index contributed by atoms with van der Waals surface area (Å²) >= 11 is 3.40. The Morgan fingerprint density at radius 2 is 1.95 bits per heavy atom. The van der Waals surface area contributed by atoms with E-state index in [0.29, 0.717) is 5.56 Å². The molecule has 0 spiro atoms. The average Bonchev–Trinajstić information content (AvgIpc) is 2.54. The summed E-state index contributed by atoms with van der Waals surface area (Å²) in [6.45, 7) is 1.97. The Morgan fingerprint density at radius 3 is 2.77 bits per heavy atom. The van der Waals surface area contributed by atoms with Gasteiger partial charge in [-0.1, -0.05) is 46.3 Å². The van der Waals surface area contributed by atoms with Gasteiger partial charge in [0.15, 0.2) is 0 Å². The summed E-state index contributed by atoms with van der Waals surface area (Å²) in [6.07, 6.45) is 5.62. The van der Waals surface area contributed by atoms with Gasteiger partial charge < -0.3 is 10.6 Å². The van der Waals surface area contributed by atoms with Gasteiger partial charge in [0.1, 0.15) is 12.0 Å². The number of benzene rings is 2. The number of halogens is 2. The zero-order valence-corrected chi connectivity index (χ0v) is 13.7. The summed E-state index contributed by atoms with van der Waals surface area (Å²) in [6, 6.07) is 13.0. The summed E-state index contributed by atoms with van der Waals surface area (Å²) < 4.78 is 15.0. The molecule has 1 heterocycles. The fourth-order valence-electron chi connectivity index (χ4n) is 2.49. The van der Waals surface area contributed by atoms with Crippen LogP contribution in [0.1, 0.15) is 24.2 Å². The van der Waals surface area contributed by atoms with Gasteiger partial charge in [0, 0.05) is 27.0 Å². The van der Waals surface area contributed by atoms with Crippen molar-refractivity contribution in [1.82, 2.24) is 5.32 Å². The first-order valence-electron chi connectivity index (χ1n) is 7.09. The largest absolute Gasteiger partial charge is 0.361 e. The number of fused-ring (bicyclic) bond motifs is 1. The molecule has 2 N–H and O–H groups in total. The van der Waals surface area contributed by atoms with Crippen molar-refractivity contribution in [3.8, 4) is 0 Å². The molecule has 1 aliphatic heterocycles. The second-order valence-corrected chi connectivity index (χ2v) is 5.95. The number of nitrogens with one attached hydrogen (secondary N) is 2. The van der Waals surface area contributed by atoms with Crippen LogP contribution in [0.4, 0.5) is 10.1 Å². The normalized spacial score (nSPS) is 18.9. The number of allylic oxidation sites excluding steroid dienone is 3. The molecular weight excluding hydrogens is 343 g/mol. The van der Waals surface area contributed by atoms with E-state index < -0.39 is 0 Å². The Balaban J connectivity index is 2.05. The van der Waals surface area contributed by atoms with Crippen molar-refractivity contribution in [3.05, 3.63) is 82.1 Å². The molecule has 4 heteroatoms. The van der Waals surface area contributed by atoms with E-state index in [1.807, 2.05) is 49.4 Å². The van der Waals surface area contributed by atoms with Crippen LogP contribution in [0, 0.1) is 5.82 Å². The van der Waals surface area contributed by atoms with E-state index in [2.05, 4.69) is 26.6 Å². The molecule has 0 aliphatic carbocycles. The molecular formula is C18H16BrFN2. The maximum Gasteiger partial charge on any atom is 0.130 e. The summed E-state index contributed by atoms with van der Waals surface area (Å²) in [5.74, 6) is -0.238. The first-order chi connectivity index (χ1) is 10.7. The van der Waals surface area contributed by atoms with Crippen LogP contribution in [0.3, 0.4) is 0 Å². The number of anilines is 1. The Bertz CT molecular complexity index is 753. The third kappa shape index (κ3) is 2.92. The van der Waals surface area contributed by atoms with Crippen molar-refractivity contribution in [2.45, 2.75) is 13.1 Å². The molecule has 3 rings (SSSR count). The lowest BCUT2D eigenvalue weighted by molar-refractivity contribution is 0.577. The van der Waals surface area contributed by atoms with E-state index in [1.165, 1.54) is 6.07 Å². The highest BCUT2D eigenvalue weighted by atomic mass is 79.9. The summed E-state index contributed by atoms with van der Waals surface area (Å²) in [4.78, 5) is 0. The summed E-state index contributed by atoms with van der Waals surface area (Å²) in [7, 11) is 0. The highest BCUT2D eigenvalue weighted by molar-refractivity contribution is 9.10. The van der Waals surface area contributed by atoms with Gasteiger partial charge in [-0.3, -0.25) is 0 Å². The lowest BCUT2D eigenvalue weighted by Gasteiger charge is -2.31. The molecule has 0 aromatic heterocycles. The van der Waals surface area contributed by atoms with Crippen molar-refractivity contribution in [1.29, 1.82) is 0 Å². The predicted octanol–water partition coefficient (Wildman–Crippen LogP) is 5.22. The third-order valence-electron chi connectivity index (χ3n) is 3.54. The van der Waals surface area contributed by atoms with Crippen molar-refractivity contribution < 1.29 is 4.39 Å². The Kier molecular flexibility index (Phi) is 4.29. The predicted molar refractivity (Wildman–Crippen MR) is 92.8 cm³/mol. The third-order valence-corrected chi connectivity index (χ3v) is 4.03. The molecule has 1 unspecified atom stereocenters. The number of rotatable bonds is 2. The van der Waals surface area contributed by atoms with Crippen LogP contribution in [-0.2, 0) is 0 Å². The van der Waals surface area contributed by atoms with E-state index in [-0.39, 0.29) is 12.0 Å². The smallest absolute Gasteiger partial charge is 0.130 e. The molecule has 2 aromatic rings. The highest BCUT2D eigenvalue weighted by Crippen LogP contribution is 2.33. The molecule has 22 heavy (non-hydrogen) atoms. The fourth-order valence-corrected chi connectivity index (χ4v) is 2.87. The van der Waals surface area contributed by atoms with E-state index in [1.54, 1.807) is 12.1 Å². The molecule has 0 amide bonds. The number of hydrogen-bond acceptors (Lipinski definition) is 2. The molecule has 0 radical (unpaired) electrons. The van der Waals surface area contributed by atoms with Crippen LogP contribution >= 0.6 is 15.9 Å². The minimum Gasteiger partial charge on any atom is -0.361 e. The second kappa shape index (κ2) is 6.36. The molecule has 0 fully saturated rings. The molecule has 1 atom stereocenters. The summed E-state index contributed by atoms with van der Waals surface area (Å²) in [5, 5.41) is 6.72. The van der Waals surface area contributed by atoms with Crippen LogP contribution in [-0.4, -0.2) is 0 Å². The standard InChI is InChI=1S/C18H16BrFN2/c1-2-3-7-16-13-6-4-5-8-17(13)22-18(21-16)14-11-12(19)9-10-15(14)20/h2-11,18,21-22H,1H3/b3-2-,16-7+. The quantitative estimate of drug-likeness (QED) is 0.768. The zero-order valence-electron chi connectivity index (χ0n) is 12.1. The first-order valence-corrected chi connectivity index (χ1v) is 7.89. The highest BCUT2D eigenvalue weighted by Gasteiger charge is 2.23. The van der Waals surface area contributed by atoms with E-state index >= 15 is 0 Å². The van der Waals surface area contributed by atoms with Gasteiger partial charge in [-0.2, -0.15) is 0 Å². The first kappa shape index (κ1) is 14.9. The Hall–Kier alpha value is -2.07. The van der Waals surface area contributed by atoms with Crippen LogP contribution in [0.2, 0.25) is 0 Å². The Morgan fingerprint density at radius 1 is 1.14 bits per heavy atom. The van der Waals surface area contributed by atoms with E-state index in [9.17, 15) is 4.39 Å². The van der Waals surface area contributed by atoms with Crippen molar-refractivity contribution in [2.24, 2.45) is 0 Å². The van der Waals surface area contributed by atoms with Crippen molar-refractivity contribution >= 4 is 27.3 Å². The van der Waals surface area contributed by atoms with Crippen LogP contribution in [0.25, 0.3) is 5.70 Å². The topological polar surface area (TPSA) is 24.1 Å². The molecule has 0 saturated heterocycles. The van der Waals surface area contributed by atoms with Gasteiger partial charge in [-0.15, -0.1) is 0 Å². The minimum atomic E-state index is -0.316. The monoisotopic (exact) mass is 358 g/mol. The van der Waals surface area contributed by atoms with Crippen LogP contribution < -0.4 is 10.6 Å². The van der Waals surface area contributed by atoms with Crippen molar-refractivity contribution in [2.75, 3.05) is 5.32 Å². The number of hydrogen-bond donors (Lipinski definition) is 2. The van der Waals surface area contributed by atoms with E-state index in [4.69, 9.17) is 0 Å². The van der Waals surface area contributed by atoms with Crippen LogP contribution in [0.15, 0.2) is 65.2 Å². The average molecular weight is 359 g/mol. The van der Waals surface area contributed by atoms with Gasteiger partial charge in [0.25, 0.3) is 0 Å². The van der Waals surface area contributed by atoms with Gasteiger partial charge >= 0.3 is 0 Å². The fraction of sp³-hybridized carbons (Fsp3) is 0.111. The van der Waals surface area contributed by atoms with Crippen LogP contribution in [0.5, 0.6) is 0 Å². The maximum atomic E-state index is 14.2. The SMILES string of the molecule is C/C=C\C=C1\NC(c2cc(Br)ccc2F)Nc2ccccc21. The van der Waals surface area contributed by atoms with Crippen molar-refractivity contribution in [3.63, 3.8) is 0 Å². The molecule has 112 valence electrons. The summed E-state index contributed by atoms with van der Waals surface area (Å²) in [5.41, 5.74) is 3.61. The molecule has 1 aliphatic rings. The lowest BCUT2D eigenvalue weighted by Crippen LogP contribution is -2.32. The molecule has 0 saturated carbocycles. The lowest BCUT2D eigenvalue weighted by atomic mass is 10.0. The molecule has 0 bridgehead atoms. The Labute approximate surface area is 137 Å².